The molecule has 2 aromatic rings. The molecular formula is C16H20N4O2. The molecule has 0 saturated carbocycles. The Morgan fingerprint density at radius 2 is 2.18 bits per heavy atom. The Hall–Kier alpha value is -2.21. The van der Waals surface area contributed by atoms with E-state index in [0.29, 0.717) is 26.2 Å². The molecule has 0 spiro atoms. The minimum Gasteiger partial charge on any atom is -0.375 e. The van der Waals surface area contributed by atoms with Crippen molar-refractivity contribution in [1.82, 2.24) is 19.7 Å². The Bertz CT molecular complexity index is 610. The normalized spacial score (nSPS) is 18.4. The van der Waals surface area contributed by atoms with Gasteiger partial charge in [-0.2, -0.15) is 5.10 Å². The zero-order valence-corrected chi connectivity index (χ0v) is 12.7. The highest BCUT2D eigenvalue weighted by molar-refractivity contribution is 5.94. The summed E-state index contributed by atoms with van der Waals surface area (Å²) in [6.07, 6.45) is 4.28. The molecule has 0 radical (unpaired) electrons. The predicted molar refractivity (Wildman–Crippen MR) is 81.5 cm³/mol. The van der Waals surface area contributed by atoms with Crippen molar-refractivity contribution in [3.8, 4) is 0 Å². The summed E-state index contributed by atoms with van der Waals surface area (Å²) in [6.45, 7) is 4.70. The fourth-order valence-corrected chi connectivity index (χ4v) is 2.59. The van der Waals surface area contributed by atoms with Crippen molar-refractivity contribution in [1.29, 1.82) is 0 Å². The maximum absolute atomic E-state index is 12.5. The first-order chi connectivity index (χ1) is 10.8. The number of aromatic nitrogens is 3. The number of carbonyl (C=O) groups is 1. The van der Waals surface area contributed by atoms with E-state index in [2.05, 4.69) is 17.0 Å². The van der Waals surface area contributed by atoms with Gasteiger partial charge >= 0.3 is 0 Å². The number of morpholine rings is 1. The number of benzene rings is 1. The Labute approximate surface area is 129 Å². The lowest BCUT2D eigenvalue weighted by Gasteiger charge is -2.32. The van der Waals surface area contributed by atoms with E-state index in [4.69, 9.17) is 4.74 Å². The highest BCUT2D eigenvalue weighted by atomic mass is 16.5. The summed E-state index contributed by atoms with van der Waals surface area (Å²) in [5.74, 6) is 0.0778. The van der Waals surface area contributed by atoms with Gasteiger partial charge in [-0.3, -0.25) is 4.79 Å². The summed E-state index contributed by atoms with van der Waals surface area (Å²) < 4.78 is 7.37. The van der Waals surface area contributed by atoms with Crippen molar-refractivity contribution < 1.29 is 9.53 Å². The lowest BCUT2D eigenvalue weighted by atomic mass is 10.1. The lowest BCUT2D eigenvalue weighted by molar-refractivity contribution is -0.0226. The first-order valence-corrected chi connectivity index (χ1v) is 7.58. The average Bonchev–Trinajstić information content (AvgIpc) is 3.08. The van der Waals surface area contributed by atoms with Crippen molar-refractivity contribution in [3.63, 3.8) is 0 Å². The molecule has 1 aromatic heterocycles. The van der Waals surface area contributed by atoms with Gasteiger partial charge in [0.25, 0.3) is 5.91 Å². The van der Waals surface area contributed by atoms with Crippen LogP contribution in [0.3, 0.4) is 0 Å². The van der Waals surface area contributed by atoms with Crippen LogP contribution in [0.25, 0.3) is 0 Å². The smallest absolute Gasteiger partial charge is 0.254 e. The van der Waals surface area contributed by atoms with E-state index in [-0.39, 0.29) is 12.0 Å². The zero-order valence-electron chi connectivity index (χ0n) is 12.7. The third-order valence-corrected chi connectivity index (χ3v) is 3.89. The van der Waals surface area contributed by atoms with E-state index in [0.717, 1.165) is 17.5 Å². The molecule has 6 nitrogen and oxygen atoms in total. The number of amides is 1. The van der Waals surface area contributed by atoms with Crippen molar-refractivity contribution >= 4 is 5.91 Å². The van der Waals surface area contributed by atoms with Gasteiger partial charge < -0.3 is 9.64 Å². The van der Waals surface area contributed by atoms with Crippen molar-refractivity contribution in [2.24, 2.45) is 0 Å². The third kappa shape index (κ3) is 3.33. The summed E-state index contributed by atoms with van der Waals surface area (Å²) in [4.78, 5) is 18.3. The first kappa shape index (κ1) is 14.7. The Kier molecular flexibility index (Phi) is 4.48. The van der Waals surface area contributed by atoms with E-state index in [1.807, 2.05) is 29.2 Å². The van der Waals surface area contributed by atoms with Gasteiger partial charge in [-0.25, -0.2) is 9.67 Å². The first-order valence-electron chi connectivity index (χ1n) is 7.58. The second kappa shape index (κ2) is 6.70. The summed E-state index contributed by atoms with van der Waals surface area (Å²) >= 11 is 0. The molecule has 1 saturated heterocycles. The number of hydrogen-bond donors (Lipinski definition) is 0. The van der Waals surface area contributed by atoms with Gasteiger partial charge in [0.05, 0.1) is 19.3 Å². The zero-order chi connectivity index (χ0) is 15.4. The molecule has 6 heteroatoms. The summed E-state index contributed by atoms with van der Waals surface area (Å²) in [6, 6.07) is 7.69. The van der Waals surface area contributed by atoms with Crippen LogP contribution in [0.2, 0.25) is 0 Å². The van der Waals surface area contributed by atoms with Crippen LogP contribution < -0.4 is 0 Å². The van der Waals surface area contributed by atoms with Crippen LogP contribution in [-0.4, -0.2) is 51.4 Å². The number of rotatable bonds is 4. The van der Waals surface area contributed by atoms with Crippen LogP contribution in [0.4, 0.5) is 0 Å². The predicted octanol–water partition coefficient (Wildman–Crippen LogP) is 1.58. The Balaban J connectivity index is 1.65. The molecule has 1 amide bonds. The Morgan fingerprint density at radius 3 is 2.86 bits per heavy atom. The molecule has 22 heavy (non-hydrogen) atoms. The minimum atomic E-state index is 0.0778. The molecule has 3 rings (SSSR count). The van der Waals surface area contributed by atoms with Crippen LogP contribution in [0.1, 0.15) is 29.3 Å². The molecule has 1 aromatic carbocycles. The third-order valence-electron chi connectivity index (χ3n) is 3.89. The molecule has 0 N–H and O–H groups in total. The van der Waals surface area contributed by atoms with Gasteiger partial charge in [-0.1, -0.05) is 19.1 Å². The fourth-order valence-electron chi connectivity index (χ4n) is 2.59. The molecule has 116 valence electrons. The van der Waals surface area contributed by atoms with Crippen LogP contribution in [-0.2, 0) is 11.3 Å². The standard InChI is InChI=1S/C16H20N4O2/c1-2-15-10-19(7-8-22-15)16(21)14-5-3-13(4-6-14)9-20-12-17-11-18-20/h3-6,11-12,15H,2,7-10H2,1H3/t15-/m1/s1. The molecule has 1 aliphatic rings. The van der Waals surface area contributed by atoms with E-state index < -0.39 is 0 Å². The molecule has 1 atom stereocenters. The molecular weight excluding hydrogens is 280 g/mol. The largest absolute Gasteiger partial charge is 0.375 e. The van der Waals surface area contributed by atoms with E-state index in [1.54, 1.807) is 11.0 Å². The monoisotopic (exact) mass is 300 g/mol. The van der Waals surface area contributed by atoms with Crippen LogP contribution >= 0.6 is 0 Å². The van der Waals surface area contributed by atoms with Gasteiger partial charge in [-0.15, -0.1) is 0 Å². The van der Waals surface area contributed by atoms with E-state index in [9.17, 15) is 4.79 Å². The average molecular weight is 300 g/mol. The van der Waals surface area contributed by atoms with E-state index >= 15 is 0 Å². The number of ether oxygens (including phenoxy) is 1. The SMILES string of the molecule is CC[C@@H]1CN(C(=O)c2ccc(Cn3cncn3)cc2)CCO1. The maximum Gasteiger partial charge on any atom is 0.254 e. The molecule has 0 unspecified atom stereocenters. The summed E-state index contributed by atoms with van der Waals surface area (Å²) in [5, 5.41) is 4.08. The number of hydrogen-bond acceptors (Lipinski definition) is 4. The van der Waals surface area contributed by atoms with Gasteiger partial charge in [0.2, 0.25) is 0 Å². The van der Waals surface area contributed by atoms with Gasteiger partial charge in [0, 0.05) is 18.7 Å². The minimum absolute atomic E-state index is 0.0778. The van der Waals surface area contributed by atoms with Gasteiger partial charge in [0.15, 0.2) is 0 Å². The van der Waals surface area contributed by atoms with Gasteiger partial charge in [0.1, 0.15) is 12.7 Å². The van der Waals surface area contributed by atoms with Gasteiger partial charge in [-0.05, 0) is 24.1 Å². The topological polar surface area (TPSA) is 60.2 Å². The lowest BCUT2D eigenvalue weighted by Crippen LogP contribution is -2.45. The maximum atomic E-state index is 12.5. The van der Waals surface area contributed by atoms with Crippen molar-refractivity contribution in [2.45, 2.75) is 26.0 Å². The van der Waals surface area contributed by atoms with Crippen LogP contribution in [0.15, 0.2) is 36.9 Å². The van der Waals surface area contributed by atoms with Crippen LogP contribution in [0, 0.1) is 0 Å². The van der Waals surface area contributed by atoms with E-state index in [1.165, 1.54) is 6.33 Å². The fraction of sp³-hybridized carbons (Fsp3) is 0.438. The highest BCUT2D eigenvalue weighted by Crippen LogP contribution is 2.13. The van der Waals surface area contributed by atoms with Crippen molar-refractivity contribution in [3.05, 3.63) is 48.0 Å². The molecule has 2 heterocycles. The summed E-state index contributed by atoms with van der Waals surface area (Å²) in [5.41, 5.74) is 1.81. The molecule has 1 fully saturated rings. The molecule has 0 aliphatic carbocycles. The molecule has 0 bridgehead atoms. The second-order valence-corrected chi connectivity index (χ2v) is 5.44. The van der Waals surface area contributed by atoms with Crippen LogP contribution in [0.5, 0.6) is 0 Å². The number of carbonyl (C=O) groups excluding carboxylic acids is 1. The Morgan fingerprint density at radius 1 is 1.36 bits per heavy atom. The highest BCUT2D eigenvalue weighted by Gasteiger charge is 2.23. The second-order valence-electron chi connectivity index (χ2n) is 5.44. The molecule has 1 aliphatic heterocycles. The number of nitrogens with zero attached hydrogens (tertiary/aromatic N) is 4. The summed E-state index contributed by atoms with van der Waals surface area (Å²) in [7, 11) is 0. The quantitative estimate of drug-likeness (QED) is 0.860. The van der Waals surface area contributed by atoms with Crippen molar-refractivity contribution in [2.75, 3.05) is 19.7 Å².